The van der Waals surface area contributed by atoms with Crippen molar-refractivity contribution in [2.45, 2.75) is 6.36 Å². The Morgan fingerprint density at radius 1 is 1.09 bits per heavy atom. The van der Waals surface area contributed by atoms with Crippen LogP contribution in [0.15, 0.2) is 42.5 Å². The van der Waals surface area contributed by atoms with Crippen LogP contribution in [0.25, 0.3) is 11.1 Å². The molecule has 1 N–H and O–H groups in total. The second-order valence-electron chi connectivity index (χ2n) is 4.40. The number of nitro benzene ring substituents is 1. The predicted molar refractivity (Wildman–Crippen MR) is 72.2 cm³/mol. The number of ether oxygens (including phenoxy) is 1. The van der Waals surface area contributed by atoms with E-state index >= 15 is 0 Å². The molecule has 0 unspecified atom stereocenters. The second kappa shape index (κ2) is 5.95. The van der Waals surface area contributed by atoms with Crippen LogP contribution in [0.1, 0.15) is 10.4 Å². The van der Waals surface area contributed by atoms with Gasteiger partial charge in [0.1, 0.15) is 5.75 Å². The maximum absolute atomic E-state index is 12.1. The number of halogens is 3. The summed E-state index contributed by atoms with van der Waals surface area (Å²) >= 11 is 0. The van der Waals surface area contributed by atoms with Crippen LogP contribution in [-0.2, 0) is 0 Å². The molecule has 0 fully saturated rings. The number of benzene rings is 2. The Balaban J connectivity index is 2.41. The zero-order valence-electron chi connectivity index (χ0n) is 11.2. The number of rotatable bonds is 4. The molecule has 120 valence electrons. The van der Waals surface area contributed by atoms with E-state index in [1.807, 2.05) is 0 Å². The van der Waals surface area contributed by atoms with Crippen molar-refractivity contribution in [3.8, 4) is 16.9 Å². The molecular weight excluding hydrogens is 319 g/mol. The molecule has 0 bridgehead atoms. The van der Waals surface area contributed by atoms with E-state index in [-0.39, 0.29) is 11.1 Å². The summed E-state index contributed by atoms with van der Waals surface area (Å²) in [7, 11) is 0. The Morgan fingerprint density at radius 3 is 2.17 bits per heavy atom. The van der Waals surface area contributed by atoms with Crippen LogP contribution < -0.4 is 4.74 Å². The van der Waals surface area contributed by atoms with Crippen molar-refractivity contribution in [3.05, 3.63) is 58.1 Å². The molecular formula is C14H8F3NO5. The van der Waals surface area contributed by atoms with Crippen molar-refractivity contribution in [1.29, 1.82) is 0 Å². The summed E-state index contributed by atoms with van der Waals surface area (Å²) in [5.41, 5.74) is -0.235. The smallest absolute Gasteiger partial charge is 0.478 e. The fourth-order valence-electron chi connectivity index (χ4n) is 1.86. The molecule has 0 spiro atoms. The SMILES string of the molecule is O=C(O)c1cc(-c2ccc(OC(F)(F)F)cc2)cc([N+](=O)[O-])c1. The molecule has 0 heterocycles. The van der Waals surface area contributed by atoms with Gasteiger partial charge in [-0.1, -0.05) is 12.1 Å². The van der Waals surface area contributed by atoms with Gasteiger partial charge in [-0.2, -0.15) is 0 Å². The van der Waals surface area contributed by atoms with Crippen molar-refractivity contribution in [2.75, 3.05) is 0 Å². The van der Waals surface area contributed by atoms with E-state index in [0.717, 1.165) is 24.3 Å². The van der Waals surface area contributed by atoms with Gasteiger partial charge < -0.3 is 9.84 Å². The van der Waals surface area contributed by atoms with Gasteiger partial charge >= 0.3 is 12.3 Å². The molecule has 2 aromatic carbocycles. The summed E-state index contributed by atoms with van der Waals surface area (Å²) < 4.78 is 40.0. The van der Waals surface area contributed by atoms with Crippen LogP contribution in [0.4, 0.5) is 18.9 Å². The molecule has 0 radical (unpaired) electrons. The fraction of sp³-hybridized carbons (Fsp3) is 0.0714. The van der Waals surface area contributed by atoms with E-state index in [1.54, 1.807) is 0 Å². The minimum atomic E-state index is -4.83. The highest BCUT2D eigenvalue weighted by atomic mass is 19.4. The summed E-state index contributed by atoms with van der Waals surface area (Å²) in [5, 5.41) is 19.8. The molecule has 0 aromatic heterocycles. The number of nitro groups is 1. The Morgan fingerprint density at radius 2 is 1.70 bits per heavy atom. The minimum absolute atomic E-state index is 0.190. The van der Waals surface area contributed by atoms with Crippen molar-refractivity contribution >= 4 is 11.7 Å². The topological polar surface area (TPSA) is 89.7 Å². The first-order chi connectivity index (χ1) is 10.7. The molecule has 0 atom stereocenters. The second-order valence-corrected chi connectivity index (χ2v) is 4.40. The number of nitrogens with zero attached hydrogens (tertiary/aromatic N) is 1. The van der Waals surface area contributed by atoms with Gasteiger partial charge in [0.05, 0.1) is 10.5 Å². The van der Waals surface area contributed by atoms with Gasteiger partial charge in [-0.25, -0.2) is 4.79 Å². The Labute approximate surface area is 126 Å². The van der Waals surface area contributed by atoms with Gasteiger partial charge in [0.2, 0.25) is 0 Å². The maximum atomic E-state index is 12.1. The number of carbonyl (C=O) groups is 1. The van der Waals surface area contributed by atoms with E-state index < -0.39 is 28.7 Å². The van der Waals surface area contributed by atoms with Gasteiger partial charge in [0.25, 0.3) is 5.69 Å². The first-order valence-electron chi connectivity index (χ1n) is 6.05. The molecule has 0 saturated carbocycles. The van der Waals surface area contributed by atoms with Crippen LogP contribution in [-0.4, -0.2) is 22.4 Å². The number of alkyl halides is 3. The molecule has 23 heavy (non-hydrogen) atoms. The lowest BCUT2D eigenvalue weighted by atomic mass is 10.0. The summed E-state index contributed by atoms with van der Waals surface area (Å²) in [6.07, 6.45) is -4.83. The Bertz CT molecular complexity index is 724. The standard InChI is InChI=1S/C14H8F3NO5/c15-14(16,17)23-12-3-1-8(2-4-12)9-5-10(13(19)20)7-11(6-9)18(21)22/h1-7H,(H,19,20). The zero-order chi connectivity index (χ0) is 17.2. The van der Waals surface area contributed by atoms with Gasteiger partial charge in [-0.05, 0) is 29.3 Å². The summed E-state index contributed by atoms with van der Waals surface area (Å²) in [5.74, 6) is -1.81. The summed E-state index contributed by atoms with van der Waals surface area (Å²) in [4.78, 5) is 21.1. The first-order valence-corrected chi connectivity index (χ1v) is 6.05. The third kappa shape index (κ3) is 4.19. The van der Waals surface area contributed by atoms with E-state index in [0.29, 0.717) is 5.56 Å². The number of aromatic carboxylic acids is 1. The van der Waals surface area contributed by atoms with Crippen LogP contribution in [0.3, 0.4) is 0 Å². The molecule has 2 aromatic rings. The van der Waals surface area contributed by atoms with E-state index in [9.17, 15) is 28.1 Å². The van der Waals surface area contributed by atoms with Gasteiger partial charge in [0, 0.05) is 12.1 Å². The predicted octanol–water partition coefficient (Wildman–Crippen LogP) is 3.86. The lowest BCUT2D eigenvalue weighted by Gasteiger charge is -2.09. The lowest BCUT2D eigenvalue weighted by molar-refractivity contribution is -0.384. The minimum Gasteiger partial charge on any atom is -0.478 e. The first kappa shape index (κ1) is 16.3. The van der Waals surface area contributed by atoms with E-state index in [2.05, 4.69) is 4.74 Å². The molecule has 0 aliphatic heterocycles. The monoisotopic (exact) mass is 327 g/mol. The highest BCUT2D eigenvalue weighted by Crippen LogP contribution is 2.29. The van der Waals surface area contributed by atoms with Crippen LogP contribution >= 0.6 is 0 Å². The Hall–Kier alpha value is -3.10. The highest BCUT2D eigenvalue weighted by molar-refractivity contribution is 5.90. The fourth-order valence-corrected chi connectivity index (χ4v) is 1.86. The average molecular weight is 327 g/mol. The average Bonchev–Trinajstić information content (AvgIpc) is 2.45. The zero-order valence-corrected chi connectivity index (χ0v) is 11.2. The molecule has 2 rings (SSSR count). The molecule has 9 heteroatoms. The van der Waals surface area contributed by atoms with Gasteiger partial charge in [0.15, 0.2) is 0 Å². The Kier molecular flexibility index (Phi) is 4.21. The van der Waals surface area contributed by atoms with Crippen molar-refractivity contribution in [3.63, 3.8) is 0 Å². The molecule has 0 aliphatic rings. The molecule has 0 amide bonds. The van der Waals surface area contributed by atoms with Gasteiger partial charge in [-0.3, -0.25) is 10.1 Å². The largest absolute Gasteiger partial charge is 0.573 e. The molecule has 0 saturated heterocycles. The number of hydrogen-bond acceptors (Lipinski definition) is 4. The van der Waals surface area contributed by atoms with Crippen LogP contribution in [0, 0.1) is 10.1 Å². The third-order valence-electron chi connectivity index (χ3n) is 2.80. The van der Waals surface area contributed by atoms with E-state index in [1.165, 1.54) is 18.2 Å². The lowest BCUT2D eigenvalue weighted by Crippen LogP contribution is -2.16. The number of non-ortho nitro benzene ring substituents is 1. The molecule has 0 aliphatic carbocycles. The number of carboxylic acids is 1. The van der Waals surface area contributed by atoms with Crippen molar-refractivity contribution in [2.24, 2.45) is 0 Å². The van der Waals surface area contributed by atoms with Crippen molar-refractivity contribution in [1.82, 2.24) is 0 Å². The molecule has 6 nitrogen and oxygen atoms in total. The quantitative estimate of drug-likeness (QED) is 0.680. The van der Waals surface area contributed by atoms with E-state index in [4.69, 9.17) is 5.11 Å². The van der Waals surface area contributed by atoms with Crippen molar-refractivity contribution < 1.29 is 32.7 Å². The number of hydrogen-bond donors (Lipinski definition) is 1. The summed E-state index contributed by atoms with van der Waals surface area (Å²) in [6, 6.07) is 7.76. The maximum Gasteiger partial charge on any atom is 0.573 e. The van der Waals surface area contributed by atoms with Crippen LogP contribution in [0.2, 0.25) is 0 Å². The highest BCUT2D eigenvalue weighted by Gasteiger charge is 2.31. The normalized spacial score (nSPS) is 11.1. The van der Waals surface area contributed by atoms with Gasteiger partial charge in [-0.15, -0.1) is 13.2 Å². The van der Waals surface area contributed by atoms with Crippen LogP contribution in [0.5, 0.6) is 5.75 Å². The summed E-state index contributed by atoms with van der Waals surface area (Å²) in [6.45, 7) is 0. The number of carboxylic acid groups (broad SMARTS) is 1. The third-order valence-corrected chi connectivity index (χ3v) is 2.80.